The Morgan fingerprint density at radius 3 is 1.03 bits per heavy atom. The van der Waals surface area contributed by atoms with Crippen LogP contribution in [0.4, 0.5) is 0 Å². The third-order valence-electron chi connectivity index (χ3n) is 8.97. The number of thiol groups is 1. The van der Waals surface area contributed by atoms with Gasteiger partial charge in [-0.1, -0.05) is 182 Å². The maximum atomic E-state index is 13.5. The first-order valence-electron chi connectivity index (χ1n) is 17.3. The van der Waals surface area contributed by atoms with Crippen LogP contribution in [0, 0.1) is 11.3 Å². The highest BCUT2D eigenvalue weighted by Crippen LogP contribution is 2.46. The van der Waals surface area contributed by atoms with Gasteiger partial charge < -0.3 is 0 Å². The molecule has 0 amide bonds. The summed E-state index contributed by atoms with van der Waals surface area (Å²) in [5.41, 5.74) is -0.175. The normalized spacial score (nSPS) is 12.1. The molecule has 0 saturated heterocycles. The average Bonchev–Trinajstić information content (AvgIpc) is 2.89. The number of carbonyl (C=O) groups is 1. The summed E-state index contributed by atoms with van der Waals surface area (Å²) < 4.78 is 0. The molecule has 0 N–H and O–H groups in total. The maximum absolute atomic E-state index is 13.5. The fraction of sp³-hybridized carbons (Fsp3) is 0.971. The van der Waals surface area contributed by atoms with E-state index in [9.17, 15) is 4.79 Å². The van der Waals surface area contributed by atoms with E-state index in [1.807, 2.05) is 0 Å². The van der Waals surface area contributed by atoms with Crippen LogP contribution >= 0.6 is 12.6 Å². The first kappa shape index (κ1) is 37.0. The summed E-state index contributed by atoms with van der Waals surface area (Å²) in [5.74, 6) is 0.543. The van der Waals surface area contributed by atoms with Gasteiger partial charge in [-0.15, -0.1) is 12.6 Å². The second-order valence-corrected chi connectivity index (χ2v) is 12.7. The van der Waals surface area contributed by atoms with Crippen molar-refractivity contribution in [1.29, 1.82) is 0 Å². The van der Waals surface area contributed by atoms with Crippen molar-refractivity contribution >= 4 is 17.7 Å². The number of carbonyl (C=O) groups excluding carboxylic acids is 1. The maximum Gasteiger partial charge on any atom is 0.192 e. The van der Waals surface area contributed by atoms with Crippen LogP contribution in [0.5, 0.6) is 0 Å². The van der Waals surface area contributed by atoms with Crippen molar-refractivity contribution in [2.24, 2.45) is 11.3 Å². The molecule has 0 bridgehead atoms. The third-order valence-corrected chi connectivity index (χ3v) is 9.42. The van der Waals surface area contributed by atoms with Crippen molar-refractivity contribution in [2.45, 2.75) is 207 Å². The van der Waals surface area contributed by atoms with Crippen LogP contribution in [-0.4, -0.2) is 5.12 Å². The molecule has 0 aliphatic rings. The highest BCUT2D eigenvalue weighted by molar-refractivity contribution is 7.96. The summed E-state index contributed by atoms with van der Waals surface area (Å²) in [5, 5.41) is 0.233. The van der Waals surface area contributed by atoms with Crippen LogP contribution in [0.3, 0.4) is 0 Å². The van der Waals surface area contributed by atoms with E-state index in [0.717, 1.165) is 12.8 Å². The van der Waals surface area contributed by atoms with Crippen LogP contribution in [0.25, 0.3) is 0 Å². The highest BCUT2D eigenvalue weighted by Gasteiger charge is 2.42. The van der Waals surface area contributed by atoms with Crippen LogP contribution in [0.2, 0.25) is 0 Å². The number of unbranched alkanes of at least 4 members (excludes halogenated alkanes) is 20. The standard InChI is InChI=1S/C35H70OS/c1-5-9-13-17-21-25-29-33(30-26-22-18-14-10-6-2)35(34(36)37,31-27-23-19-15-11-7-3)32-28-24-20-16-12-8-4/h33H,5-32H2,1-4H3,(H,36,37). The second-order valence-electron chi connectivity index (χ2n) is 12.3. The molecular weight excluding hydrogens is 468 g/mol. The van der Waals surface area contributed by atoms with Crippen molar-refractivity contribution in [1.82, 2.24) is 0 Å². The van der Waals surface area contributed by atoms with Crippen LogP contribution < -0.4 is 0 Å². The molecule has 0 aromatic heterocycles. The number of hydrogen-bond donors (Lipinski definition) is 1. The average molecular weight is 539 g/mol. The zero-order valence-corrected chi connectivity index (χ0v) is 27.1. The summed E-state index contributed by atoms with van der Waals surface area (Å²) in [6.07, 6.45) is 36.6. The second kappa shape index (κ2) is 27.6. The monoisotopic (exact) mass is 539 g/mol. The molecule has 0 saturated carbocycles. The zero-order valence-electron chi connectivity index (χ0n) is 26.2. The van der Waals surface area contributed by atoms with E-state index in [4.69, 9.17) is 0 Å². The van der Waals surface area contributed by atoms with Gasteiger partial charge in [0.25, 0.3) is 0 Å². The SMILES string of the molecule is CCCCCCCCC(CCCCCCCC)C(CCCCCCCC)(CCCCCCCC)C(=O)S. The molecule has 222 valence electrons. The van der Waals surface area contributed by atoms with Crippen molar-refractivity contribution < 1.29 is 4.79 Å². The molecule has 0 radical (unpaired) electrons. The van der Waals surface area contributed by atoms with Gasteiger partial charge >= 0.3 is 0 Å². The van der Waals surface area contributed by atoms with Crippen LogP contribution in [0.1, 0.15) is 207 Å². The Kier molecular flexibility index (Phi) is 27.6. The minimum Gasteiger partial charge on any atom is -0.287 e. The Balaban J connectivity index is 5.32. The van der Waals surface area contributed by atoms with E-state index in [1.54, 1.807) is 0 Å². The van der Waals surface area contributed by atoms with Gasteiger partial charge in [-0.25, -0.2) is 0 Å². The van der Waals surface area contributed by atoms with Gasteiger partial charge in [-0.2, -0.15) is 0 Å². The Morgan fingerprint density at radius 1 is 0.459 bits per heavy atom. The van der Waals surface area contributed by atoms with E-state index in [-0.39, 0.29) is 10.5 Å². The lowest BCUT2D eigenvalue weighted by Gasteiger charge is -2.39. The van der Waals surface area contributed by atoms with Gasteiger partial charge in [0.05, 0.1) is 0 Å². The van der Waals surface area contributed by atoms with E-state index >= 15 is 0 Å². The summed E-state index contributed by atoms with van der Waals surface area (Å²) >= 11 is 4.68. The lowest BCUT2D eigenvalue weighted by Crippen LogP contribution is -2.37. The highest BCUT2D eigenvalue weighted by atomic mass is 32.1. The van der Waals surface area contributed by atoms with Gasteiger partial charge in [0.1, 0.15) is 0 Å². The lowest BCUT2D eigenvalue weighted by molar-refractivity contribution is -0.124. The summed E-state index contributed by atoms with van der Waals surface area (Å²) in [6, 6.07) is 0. The van der Waals surface area contributed by atoms with Crippen molar-refractivity contribution in [2.75, 3.05) is 0 Å². The fourth-order valence-electron chi connectivity index (χ4n) is 6.40. The number of rotatable bonds is 30. The minimum atomic E-state index is -0.175. The molecule has 1 nitrogen and oxygen atoms in total. The van der Waals surface area contributed by atoms with Crippen LogP contribution in [-0.2, 0) is 4.79 Å². The Morgan fingerprint density at radius 2 is 0.730 bits per heavy atom. The molecular formula is C35H70OS. The minimum absolute atomic E-state index is 0.175. The molecule has 0 rings (SSSR count). The Bertz CT molecular complexity index is 442. The molecule has 2 heteroatoms. The smallest absolute Gasteiger partial charge is 0.192 e. The van der Waals surface area contributed by atoms with Gasteiger partial charge in [-0.05, 0) is 31.6 Å². The molecule has 0 aromatic rings. The predicted molar refractivity (Wildman–Crippen MR) is 172 cm³/mol. The van der Waals surface area contributed by atoms with E-state index in [2.05, 4.69) is 40.3 Å². The molecule has 0 atom stereocenters. The summed E-state index contributed by atoms with van der Waals surface area (Å²) in [6.45, 7) is 9.18. The molecule has 0 aromatic carbocycles. The molecule has 0 heterocycles. The largest absolute Gasteiger partial charge is 0.287 e. The van der Waals surface area contributed by atoms with Gasteiger partial charge in [0, 0.05) is 5.41 Å². The Hall–Kier alpha value is 0.0200. The predicted octanol–water partition coefficient (Wildman–Crippen LogP) is 13.0. The topological polar surface area (TPSA) is 17.1 Å². The lowest BCUT2D eigenvalue weighted by atomic mass is 9.65. The quantitative estimate of drug-likeness (QED) is 0.0710. The Labute approximate surface area is 240 Å². The zero-order chi connectivity index (χ0) is 27.5. The van der Waals surface area contributed by atoms with Crippen molar-refractivity contribution in [3.05, 3.63) is 0 Å². The summed E-state index contributed by atoms with van der Waals surface area (Å²) in [7, 11) is 0. The summed E-state index contributed by atoms with van der Waals surface area (Å²) in [4.78, 5) is 13.5. The molecule has 0 unspecified atom stereocenters. The third kappa shape index (κ3) is 19.7. The van der Waals surface area contributed by atoms with Gasteiger partial charge in [0.15, 0.2) is 5.12 Å². The van der Waals surface area contributed by atoms with E-state index in [1.165, 1.54) is 167 Å². The van der Waals surface area contributed by atoms with Crippen molar-refractivity contribution in [3.63, 3.8) is 0 Å². The first-order chi connectivity index (χ1) is 18.1. The molecule has 0 aliphatic carbocycles. The molecule has 37 heavy (non-hydrogen) atoms. The molecule has 0 aliphatic heterocycles. The molecule has 0 fully saturated rings. The fourth-order valence-corrected chi connectivity index (χ4v) is 6.81. The van der Waals surface area contributed by atoms with E-state index in [0.29, 0.717) is 5.92 Å². The molecule has 0 spiro atoms. The van der Waals surface area contributed by atoms with Gasteiger partial charge in [0.2, 0.25) is 0 Å². The van der Waals surface area contributed by atoms with Crippen molar-refractivity contribution in [3.8, 4) is 0 Å². The van der Waals surface area contributed by atoms with Gasteiger partial charge in [-0.3, -0.25) is 4.79 Å². The number of hydrogen-bond acceptors (Lipinski definition) is 1. The van der Waals surface area contributed by atoms with Crippen LogP contribution in [0.15, 0.2) is 0 Å². The van der Waals surface area contributed by atoms with E-state index < -0.39 is 0 Å². The first-order valence-corrected chi connectivity index (χ1v) is 17.8.